The second kappa shape index (κ2) is 4.51. The average Bonchev–Trinajstić information content (AvgIpc) is 2.87. The molecular formula is C14H19N3. The molecule has 0 aliphatic carbocycles. The maximum atomic E-state index is 3.41. The van der Waals surface area contributed by atoms with Gasteiger partial charge in [-0.15, -0.1) is 0 Å². The fourth-order valence-electron chi connectivity index (χ4n) is 2.74. The molecule has 2 N–H and O–H groups in total. The number of benzene rings is 1. The van der Waals surface area contributed by atoms with Crippen molar-refractivity contribution in [1.29, 1.82) is 0 Å². The number of nitrogens with zero attached hydrogens (tertiary/aromatic N) is 1. The SMILES string of the molecule is C[C@H](c1cccc2[nH]ccc12)N1CCNCC1. The Bertz CT molecular complexity index is 497. The first-order valence-corrected chi connectivity index (χ1v) is 6.37. The number of piperazine rings is 1. The Balaban J connectivity index is 1.94. The molecule has 2 heterocycles. The van der Waals surface area contributed by atoms with Gasteiger partial charge in [0.25, 0.3) is 0 Å². The molecule has 1 fully saturated rings. The summed E-state index contributed by atoms with van der Waals surface area (Å²) in [5.74, 6) is 0. The zero-order valence-electron chi connectivity index (χ0n) is 10.2. The number of rotatable bonds is 2. The van der Waals surface area contributed by atoms with Crippen molar-refractivity contribution in [1.82, 2.24) is 15.2 Å². The third-order valence-electron chi connectivity index (χ3n) is 3.78. The van der Waals surface area contributed by atoms with E-state index in [4.69, 9.17) is 0 Å². The van der Waals surface area contributed by atoms with Crippen LogP contribution < -0.4 is 5.32 Å². The molecule has 0 amide bonds. The minimum Gasteiger partial charge on any atom is -0.361 e. The van der Waals surface area contributed by atoms with Crippen LogP contribution in [-0.2, 0) is 0 Å². The summed E-state index contributed by atoms with van der Waals surface area (Å²) >= 11 is 0. The fraction of sp³-hybridized carbons (Fsp3) is 0.429. The zero-order chi connectivity index (χ0) is 11.7. The van der Waals surface area contributed by atoms with Crippen LogP contribution in [0.25, 0.3) is 10.9 Å². The Morgan fingerprint density at radius 3 is 2.82 bits per heavy atom. The summed E-state index contributed by atoms with van der Waals surface area (Å²) in [5, 5.41) is 4.77. The monoisotopic (exact) mass is 229 g/mol. The Morgan fingerprint density at radius 2 is 2.00 bits per heavy atom. The van der Waals surface area contributed by atoms with E-state index in [-0.39, 0.29) is 0 Å². The number of aromatic amines is 1. The summed E-state index contributed by atoms with van der Waals surface area (Å²) in [6, 6.07) is 9.22. The Morgan fingerprint density at radius 1 is 1.18 bits per heavy atom. The Kier molecular flexibility index (Phi) is 2.87. The summed E-state index contributed by atoms with van der Waals surface area (Å²) < 4.78 is 0. The molecule has 0 unspecified atom stereocenters. The third kappa shape index (κ3) is 1.96. The largest absolute Gasteiger partial charge is 0.361 e. The predicted octanol–water partition coefficient (Wildman–Crippen LogP) is 2.13. The van der Waals surface area contributed by atoms with Crippen LogP contribution in [0.5, 0.6) is 0 Å². The highest BCUT2D eigenvalue weighted by atomic mass is 15.2. The number of aromatic nitrogens is 1. The molecule has 0 radical (unpaired) electrons. The van der Waals surface area contributed by atoms with Crippen LogP contribution in [-0.4, -0.2) is 36.1 Å². The minimum absolute atomic E-state index is 0.497. The standard InChI is InChI=1S/C14H19N3/c1-11(17-9-7-15-8-10-17)12-3-2-4-14-13(12)5-6-16-14/h2-6,11,15-16H,7-10H2,1H3/t11-/m1/s1. The van der Waals surface area contributed by atoms with Gasteiger partial charge in [0.2, 0.25) is 0 Å². The first-order valence-electron chi connectivity index (χ1n) is 6.37. The molecule has 17 heavy (non-hydrogen) atoms. The second-order valence-electron chi connectivity index (χ2n) is 4.75. The highest BCUT2D eigenvalue weighted by Crippen LogP contribution is 2.27. The zero-order valence-corrected chi connectivity index (χ0v) is 10.2. The van der Waals surface area contributed by atoms with E-state index in [1.165, 1.54) is 16.5 Å². The van der Waals surface area contributed by atoms with Gasteiger partial charge >= 0.3 is 0 Å². The second-order valence-corrected chi connectivity index (χ2v) is 4.75. The molecule has 3 nitrogen and oxygen atoms in total. The van der Waals surface area contributed by atoms with E-state index in [2.05, 4.69) is 46.4 Å². The average molecular weight is 229 g/mol. The first-order chi connectivity index (χ1) is 8.36. The van der Waals surface area contributed by atoms with Gasteiger partial charge in [-0.2, -0.15) is 0 Å². The maximum Gasteiger partial charge on any atom is 0.0457 e. The van der Waals surface area contributed by atoms with Gasteiger partial charge in [0.05, 0.1) is 0 Å². The highest BCUT2D eigenvalue weighted by molar-refractivity contribution is 5.83. The van der Waals surface area contributed by atoms with Crippen molar-refractivity contribution in [2.45, 2.75) is 13.0 Å². The molecule has 3 heteroatoms. The van der Waals surface area contributed by atoms with Gasteiger partial charge in [-0.25, -0.2) is 0 Å². The van der Waals surface area contributed by atoms with Gasteiger partial charge in [0.15, 0.2) is 0 Å². The molecule has 2 aromatic rings. The molecule has 0 spiro atoms. The molecular weight excluding hydrogens is 210 g/mol. The van der Waals surface area contributed by atoms with Crippen molar-refractivity contribution in [3.8, 4) is 0 Å². The van der Waals surface area contributed by atoms with Crippen molar-refractivity contribution >= 4 is 10.9 Å². The van der Waals surface area contributed by atoms with E-state index in [9.17, 15) is 0 Å². The molecule has 1 saturated heterocycles. The molecule has 1 aromatic heterocycles. The highest BCUT2D eigenvalue weighted by Gasteiger charge is 2.19. The lowest BCUT2D eigenvalue weighted by atomic mass is 10.0. The van der Waals surface area contributed by atoms with E-state index < -0.39 is 0 Å². The molecule has 1 aromatic carbocycles. The van der Waals surface area contributed by atoms with E-state index in [1.807, 2.05) is 6.20 Å². The Hall–Kier alpha value is -1.32. The van der Waals surface area contributed by atoms with E-state index in [1.54, 1.807) is 0 Å². The lowest BCUT2D eigenvalue weighted by Gasteiger charge is -2.33. The summed E-state index contributed by atoms with van der Waals surface area (Å²) in [6.07, 6.45) is 2.03. The van der Waals surface area contributed by atoms with Crippen molar-refractivity contribution in [2.75, 3.05) is 26.2 Å². The van der Waals surface area contributed by atoms with Gasteiger partial charge in [0.1, 0.15) is 0 Å². The van der Waals surface area contributed by atoms with Crippen molar-refractivity contribution in [3.05, 3.63) is 36.0 Å². The number of nitrogens with one attached hydrogen (secondary N) is 2. The van der Waals surface area contributed by atoms with Gasteiger partial charge in [-0.1, -0.05) is 12.1 Å². The first kappa shape index (κ1) is 10.8. The number of H-pyrrole nitrogens is 1. The van der Waals surface area contributed by atoms with Crippen LogP contribution in [0.1, 0.15) is 18.5 Å². The minimum atomic E-state index is 0.497. The van der Waals surface area contributed by atoms with Gasteiger partial charge in [-0.3, -0.25) is 4.90 Å². The van der Waals surface area contributed by atoms with Crippen molar-refractivity contribution < 1.29 is 0 Å². The van der Waals surface area contributed by atoms with E-state index in [0.29, 0.717) is 6.04 Å². The lowest BCUT2D eigenvalue weighted by Crippen LogP contribution is -2.44. The van der Waals surface area contributed by atoms with Gasteiger partial charge in [-0.05, 0) is 24.6 Å². The fourth-order valence-corrected chi connectivity index (χ4v) is 2.74. The quantitative estimate of drug-likeness (QED) is 0.826. The summed E-state index contributed by atoms with van der Waals surface area (Å²) in [4.78, 5) is 5.84. The van der Waals surface area contributed by atoms with Crippen LogP contribution in [0.2, 0.25) is 0 Å². The van der Waals surface area contributed by atoms with Crippen LogP contribution in [0.3, 0.4) is 0 Å². The number of hydrogen-bond donors (Lipinski definition) is 2. The molecule has 1 atom stereocenters. The van der Waals surface area contributed by atoms with Crippen LogP contribution in [0.4, 0.5) is 0 Å². The Labute approximate surface area is 102 Å². The van der Waals surface area contributed by atoms with E-state index in [0.717, 1.165) is 26.2 Å². The predicted molar refractivity (Wildman–Crippen MR) is 71.2 cm³/mol. The molecule has 0 saturated carbocycles. The van der Waals surface area contributed by atoms with Crippen molar-refractivity contribution in [2.24, 2.45) is 0 Å². The van der Waals surface area contributed by atoms with Crippen molar-refractivity contribution in [3.63, 3.8) is 0 Å². The van der Waals surface area contributed by atoms with Crippen LogP contribution in [0.15, 0.2) is 30.5 Å². The smallest absolute Gasteiger partial charge is 0.0457 e. The molecule has 90 valence electrons. The van der Waals surface area contributed by atoms with Gasteiger partial charge < -0.3 is 10.3 Å². The summed E-state index contributed by atoms with van der Waals surface area (Å²) in [5.41, 5.74) is 2.68. The third-order valence-corrected chi connectivity index (χ3v) is 3.78. The van der Waals surface area contributed by atoms with E-state index >= 15 is 0 Å². The number of fused-ring (bicyclic) bond motifs is 1. The molecule has 3 rings (SSSR count). The van der Waals surface area contributed by atoms with Crippen LogP contribution in [0, 0.1) is 0 Å². The summed E-state index contributed by atoms with van der Waals surface area (Å²) in [6.45, 7) is 6.80. The molecule has 1 aliphatic rings. The lowest BCUT2D eigenvalue weighted by molar-refractivity contribution is 0.186. The summed E-state index contributed by atoms with van der Waals surface area (Å²) in [7, 11) is 0. The molecule has 1 aliphatic heterocycles. The topological polar surface area (TPSA) is 31.1 Å². The maximum absolute atomic E-state index is 3.41. The number of hydrogen-bond acceptors (Lipinski definition) is 2. The normalized spacial score (nSPS) is 19.6. The van der Waals surface area contributed by atoms with Gasteiger partial charge in [0, 0.05) is 49.3 Å². The molecule has 0 bridgehead atoms. The van der Waals surface area contributed by atoms with Crippen LogP contribution >= 0.6 is 0 Å².